The highest BCUT2D eigenvalue weighted by atomic mass is 127. The molecule has 148 valence electrons. The van der Waals surface area contributed by atoms with Gasteiger partial charge in [-0.05, 0) is 37.1 Å². The Bertz CT molecular complexity index is 897. The number of H-pyrrole nitrogens is 1. The van der Waals surface area contributed by atoms with Crippen molar-refractivity contribution in [2.45, 2.75) is 26.4 Å². The van der Waals surface area contributed by atoms with Crippen LogP contribution in [0.1, 0.15) is 31.0 Å². The van der Waals surface area contributed by atoms with Crippen LogP contribution in [0, 0.1) is 0 Å². The first-order valence-corrected chi connectivity index (χ1v) is 9.70. The van der Waals surface area contributed by atoms with Gasteiger partial charge in [-0.1, -0.05) is 52.3 Å². The molecule has 28 heavy (non-hydrogen) atoms. The topological polar surface area (TPSA) is 78.0 Å². The number of halogens is 2. The fraction of sp³-hybridized carbons (Fsp3) is 0.250. The van der Waals surface area contributed by atoms with E-state index in [1.165, 1.54) is 11.9 Å². The average Bonchev–Trinajstić information content (AvgIpc) is 3.22. The summed E-state index contributed by atoms with van der Waals surface area (Å²) >= 11 is 3.61. The van der Waals surface area contributed by atoms with Crippen LogP contribution in [0.5, 0.6) is 0 Å². The normalized spacial score (nSPS) is 12.2. The molecule has 0 bridgehead atoms. The minimum absolute atomic E-state index is 0. The number of aromatic amines is 1. The van der Waals surface area contributed by atoms with Crippen molar-refractivity contribution in [3.8, 4) is 11.4 Å². The van der Waals surface area contributed by atoms with Crippen LogP contribution in [0.3, 0.4) is 0 Å². The molecule has 0 amide bonds. The zero-order chi connectivity index (χ0) is 19.1. The number of aliphatic imine (C=N–C) groups is 1. The van der Waals surface area contributed by atoms with Crippen LogP contribution in [-0.2, 0) is 6.54 Å². The van der Waals surface area contributed by atoms with Crippen molar-refractivity contribution in [1.29, 1.82) is 0 Å². The third-order valence-corrected chi connectivity index (χ3v) is 4.83. The Morgan fingerprint density at radius 2 is 2.04 bits per heavy atom. The van der Waals surface area contributed by atoms with Crippen molar-refractivity contribution in [2.75, 3.05) is 6.54 Å². The summed E-state index contributed by atoms with van der Waals surface area (Å²) in [6.45, 7) is 5.55. The van der Waals surface area contributed by atoms with Crippen LogP contribution in [0.4, 0.5) is 0 Å². The molecule has 0 spiro atoms. The van der Waals surface area contributed by atoms with E-state index in [-0.39, 0.29) is 30.0 Å². The second kappa shape index (κ2) is 11.2. The highest BCUT2D eigenvalue weighted by Gasteiger charge is 2.10. The molecule has 1 atom stereocenters. The van der Waals surface area contributed by atoms with Crippen LogP contribution in [-0.4, -0.2) is 27.7 Å². The van der Waals surface area contributed by atoms with Crippen molar-refractivity contribution >= 4 is 45.9 Å². The second-order valence-corrected chi connectivity index (χ2v) is 6.97. The van der Waals surface area contributed by atoms with Crippen LogP contribution < -0.4 is 10.6 Å². The summed E-state index contributed by atoms with van der Waals surface area (Å²) in [4.78, 5) is 8.94. The van der Waals surface area contributed by atoms with E-state index in [0.717, 1.165) is 33.9 Å². The molecular formula is C20H24BrIN6. The molecule has 3 aromatic rings. The van der Waals surface area contributed by atoms with E-state index in [1.807, 2.05) is 30.3 Å². The number of nitrogens with one attached hydrogen (secondary N) is 3. The lowest BCUT2D eigenvalue weighted by Gasteiger charge is -2.19. The first-order chi connectivity index (χ1) is 13.2. The van der Waals surface area contributed by atoms with Gasteiger partial charge in [-0.3, -0.25) is 5.10 Å². The first-order valence-electron chi connectivity index (χ1n) is 8.91. The maximum Gasteiger partial charge on any atom is 0.192 e. The lowest BCUT2D eigenvalue weighted by Crippen LogP contribution is -2.38. The predicted octanol–water partition coefficient (Wildman–Crippen LogP) is 4.67. The lowest BCUT2D eigenvalue weighted by molar-refractivity contribution is 0.683. The van der Waals surface area contributed by atoms with E-state index in [1.54, 1.807) is 0 Å². The number of benzene rings is 2. The predicted molar refractivity (Wildman–Crippen MR) is 128 cm³/mol. The molecule has 3 N–H and O–H groups in total. The Morgan fingerprint density at radius 1 is 1.21 bits per heavy atom. The fourth-order valence-electron chi connectivity index (χ4n) is 2.76. The van der Waals surface area contributed by atoms with Gasteiger partial charge in [0.2, 0.25) is 0 Å². The largest absolute Gasteiger partial charge is 0.357 e. The average molecular weight is 555 g/mol. The highest BCUT2D eigenvalue weighted by molar-refractivity contribution is 14.0. The van der Waals surface area contributed by atoms with Gasteiger partial charge < -0.3 is 10.6 Å². The van der Waals surface area contributed by atoms with Crippen molar-refractivity contribution in [3.63, 3.8) is 0 Å². The van der Waals surface area contributed by atoms with E-state index in [2.05, 4.69) is 73.8 Å². The molecular weight excluding hydrogens is 531 g/mol. The molecule has 1 heterocycles. The van der Waals surface area contributed by atoms with E-state index < -0.39 is 0 Å². The molecule has 0 aliphatic rings. The summed E-state index contributed by atoms with van der Waals surface area (Å²) in [7, 11) is 0. The monoisotopic (exact) mass is 554 g/mol. The molecule has 1 unspecified atom stereocenters. The smallest absolute Gasteiger partial charge is 0.192 e. The van der Waals surface area contributed by atoms with Crippen molar-refractivity contribution in [2.24, 2.45) is 4.99 Å². The number of aromatic nitrogens is 3. The molecule has 0 fully saturated rings. The zero-order valence-corrected chi connectivity index (χ0v) is 19.7. The summed E-state index contributed by atoms with van der Waals surface area (Å²) < 4.78 is 1.08. The van der Waals surface area contributed by atoms with Gasteiger partial charge in [-0.2, -0.15) is 5.10 Å². The van der Waals surface area contributed by atoms with Crippen LogP contribution in [0.15, 0.2) is 64.3 Å². The van der Waals surface area contributed by atoms with Gasteiger partial charge in [0.25, 0.3) is 0 Å². The van der Waals surface area contributed by atoms with Crippen molar-refractivity contribution < 1.29 is 0 Å². The minimum Gasteiger partial charge on any atom is -0.357 e. The Hall–Kier alpha value is -1.94. The number of hydrogen-bond acceptors (Lipinski definition) is 3. The number of nitrogens with zero attached hydrogens (tertiary/aromatic N) is 3. The van der Waals surface area contributed by atoms with Gasteiger partial charge in [0.05, 0.1) is 12.6 Å². The SMILES string of the molecule is CCNC(=NCc1cccc(-c2ncn[nH]2)c1)NC(C)c1ccccc1Br.I. The lowest BCUT2D eigenvalue weighted by atomic mass is 10.1. The molecule has 1 aromatic heterocycles. The van der Waals surface area contributed by atoms with Gasteiger partial charge >= 0.3 is 0 Å². The number of hydrogen-bond donors (Lipinski definition) is 3. The van der Waals surface area contributed by atoms with Crippen molar-refractivity contribution in [1.82, 2.24) is 25.8 Å². The Labute approximate surface area is 190 Å². The standard InChI is InChI=1S/C20H23BrN6.HI/c1-3-22-20(26-14(2)17-9-4-5-10-18(17)21)23-12-15-7-6-8-16(11-15)19-24-13-25-27-19;/h4-11,13-14H,3,12H2,1-2H3,(H2,22,23,26)(H,24,25,27);1H. The fourth-order valence-corrected chi connectivity index (χ4v) is 3.39. The zero-order valence-electron chi connectivity index (χ0n) is 15.8. The third-order valence-electron chi connectivity index (χ3n) is 4.10. The first kappa shape index (κ1) is 22.4. The maximum atomic E-state index is 4.73. The summed E-state index contributed by atoms with van der Waals surface area (Å²) in [5.74, 6) is 1.54. The molecule has 0 aliphatic heterocycles. The van der Waals surface area contributed by atoms with Crippen LogP contribution >= 0.6 is 39.9 Å². The number of rotatable bonds is 6. The number of guanidine groups is 1. The van der Waals surface area contributed by atoms with E-state index in [9.17, 15) is 0 Å². The van der Waals surface area contributed by atoms with E-state index in [4.69, 9.17) is 4.99 Å². The van der Waals surface area contributed by atoms with E-state index in [0.29, 0.717) is 6.54 Å². The third kappa shape index (κ3) is 6.03. The summed E-state index contributed by atoms with van der Waals surface area (Å²) in [5, 5.41) is 13.6. The van der Waals surface area contributed by atoms with Gasteiger partial charge in [0.1, 0.15) is 6.33 Å². The van der Waals surface area contributed by atoms with Gasteiger partial charge in [0.15, 0.2) is 11.8 Å². The quantitative estimate of drug-likeness (QED) is 0.235. The Kier molecular flexibility index (Phi) is 8.91. The van der Waals surface area contributed by atoms with Crippen LogP contribution in [0.2, 0.25) is 0 Å². The van der Waals surface area contributed by atoms with E-state index >= 15 is 0 Å². The highest BCUT2D eigenvalue weighted by Crippen LogP contribution is 2.22. The molecule has 8 heteroatoms. The van der Waals surface area contributed by atoms with Gasteiger partial charge in [-0.25, -0.2) is 9.98 Å². The summed E-state index contributed by atoms with van der Waals surface area (Å²) in [6.07, 6.45) is 1.51. The molecule has 0 saturated carbocycles. The van der Waals surface area contributed by atoms with Gasteiger partial charge in [-0.15, -0.1) is 24.0 Å². The summed E-state index contributed by atoms with van der Waals surface area (Å²) in [5.41, 5.74) is 3.30. The minimum atomic E-state index is 0. The molecule has 3 rings (SSSR count). The Balaban J connectivity index is 0.00000280. The Morgan fingerprint density at radius 3 is 2.75 bits per heavy atom. The maximum absolute atomic E-state index is 4.73. The van der Waals surface area contributed by atoms with Crippen molar-refractivity contribution in [3.05, 3.63) is 70.5 Å². The van der Waals surface area contributed by atoms with Gasteiger partial charge in [0, 0.05) is 16.6 Å². The molecule has 6 nitrogen and oxygen atoms in total. The van der Waals surface area contributed by atoms with Crippen LogP contribution in [0.25, 0.3) is 11.4 Å². The summed E-state index contributed by atoms with van der Waals surface area (Å²) in [6, 6.07) is 16.5. The molecule has 0 aliphatic carbocycles. The molecule has 0 saturated heterocycles. The molecule has 2 aromatic carbocycles. The molecule has 0 radical (unpaired) electrons. The second-order valence-electron chi connectivity index (χ2n) is 6.12.